The number of hydrogen-bond donors (Lipinski definition) is 1. The SMILES string of the molecule is CC1(C)OB(c2c(Br)cccc2C(=O)O)OC1(C)C. The Bertz CT molecular complexity index is 511. The van der Waals surface area contributed by atoms with E-state index >= 15 is 0 Å². The Kier molecular flexibility index (Phi) is 3.54. The van der Waals surface area contributed by atoms with Crippen LogP contribution in [0.5, 0.6) is 0 Å². The standard InChI is InChI=1S/C13H16BBrO4/c1-12(2)13(3,4)19-14(18-12)10-8(11(16)17)6-5-7-9(10)15/h5-7H,1-4H3,(H,16,17). The summed E-state index contributed by atoms with van der Waals surface area (Å²) < 4.78 is 12.5. The Balaban J connectivity index is 2.48. The third-order valence-corrected chi connectivity index (χ3v) is 4.46. The second kappa shape index (κ2) is 4.61. The van der Waals surface area contributed by atoms with E-state index in [0.29, 0.717) is 9.94 Å². The molecule has 0 unspecified atom stereocenters. The molecule has 2 rings (SSSR count). The Morgan fingerprint density at radius 1 is 1.21 bits per heavy atom. The highest BCUT2D eigenvalue weighted by Gasteiger charge is 2.53. The first-order valence-electron chi connectivity index (χ1n) is 6.03. The first-order chi connectivity index (χ1) is 8.66. The van der Waals surface area contributed by atoms with Crippen LogP contribution in [0.4, 0.5) is 0 Å². The molecule has 1 saturated heterocycles. The van der Waals surface area contributed by atoms with Crippen molar-refractivity contribution < 1.29 is 19.2 Å². The normalized spacial score (nSPS) is 20.6. The lowest BCUT2D eigenvalue weighted by atomic mass is 9.76. The molecule has 0 aliphatic carbocycles. The smallest absolute Gasteiger partial charge is 0.478 e. The molecule has 0 bridgehead atoms. The van der Waals surface area contributed by atoms with E-state index < -0.39 is 24.3 Å². The van der Waals surface area contributed by atoms with Crippen molar-refractivity contribution in [3.63, 3.8) is 0 Å². The predicted molar refractivity (Wildman–Crippen MR) is 76.8 cm³/mol. The van der Waals surface area contributed by atoms with Gasteiger partial charge < -0.3 is 14.4 Å². The molecule has 0 spiro atoms. The van der Waals surface area contributed by atoms with Crippen LogP contribution in [0.2, 0.25) is 0 Å². The average Bonchev–Trinajstić information content (AvgIpc) is 2.47. The summed E-state index contributed by atoms with van der Waals surface area (Å²) in [5.74, 6) is -0.994. The van der Waals surface area contributed by atoms with Gasteiger partial charge in [-0.05, 0) is 39.8 Å². The molecule has 0 radical (unpaired) electrons. The fraction of sp³-hybridized carbons (Fsp3) is 0.462. The van der Waals surface area contributed by atoms with Crippen LogP contribution in [0.25, 0.3) is 0 Å². The van der Waals surface area contributed by atoms with Gasteiger partial charge in [-0.1, -0.05) is 22.0 Å². The lowest BCUT2D eigenvalue weighted by molar-refractivity contribution is 0.00578. The number of carboxylic acids is 1. The Hall–Kier alpha value is -0.845. The third-order valence-electron chi connectivity index (χ3n) is 3.77. The quantitative estimate of drug-likeness (QED) is 0.848. The second-order valence-electron chi connectivity index (χ2n) is 5.59. The highest BCUT2D eigenvalue weighted by atomic mass is 79.9. The number of halogens is 1. The van der Waals surface area contributed by atoms with Gasteiger partial charge in [0.05, 0.1) is 16.8 Å². The zero-order chi connectivity index (χ0) is 14.4. The van der Waals surface area contributed by atoms with Crippen molar-refractivity contribution in [3.8, 4) is 0 Å². The van der Waals surface area contributed by atoms with Crippen LogP contribution in [-0.4, -0.2) is 29.4 Å². The number of benzene rings is 1. The molecule has 1 N–H and O–H groups in total. The number of hydrogen-bond acceptors (Lipinski definition) is 3. The minimum absolute atomic E-state index is 0.188. The van der Waals surface area contributed by atoms with Crippen molar-refractivity contribution in [2.75, 3.05) is 0 Å². The van der Waals surface area contributed by atoms with Gasteiger partial charge in [-0.25, -0.2) is 4.79 Å². The summed E-state index contributed by atoms with van der Waals surface area (Å²) in [6, 6.07) is 5.02. The Morgan fingerprint density at radius 2 is 1.74 bits per heavy atom. The molecule has 1 heterocycles. The monoisotopic (exact) mass is 326 g/mol. The molecule has 0 amide bonds. The van der Waals surface area contributed by atoms with E-state index in [1.165, 1.54) is 0 Å². The molecule has 1 aliphatic heterocycles. The van der Waals surface area contributed by atoms with E-state index in [2.05, 4.69) is 15.9 Å². The van der Waals surface area contributed by atoms with Crippen LogP contribution in [0, 0.1) is 0 Å². The molecule has 1 aliphatic rings. The zero-order valence-electron chi connectivity index (χ0n) is 11.4. The molecule has 19 heavy (non-hydrogen) atoms. The lowest BCUT2D eigenvalue weighted by Crippen LogP contribution is -2.41. The van der Waals surface area contributed by atoms with Gasteiger partial charge in [-0.15, -0.1) is 0 Å². The van der Waals surface area contributed by atoms with Gasteiger partial charge in [0.2, 0.25) is 0 Å². The van der Waals surface area contributed by atoms with Gasteiger partial charge in [0, 0.05) is 9.94 Å². The van der Waals surface area contributed by atoms with Crippen LogP contribution in [0.1, 0.15) is 38.1 Å². The molecule has 0 atom stereocenters. The fourth-order valence-corrected chi connectivity index (χ4v) is 2.48. The molecule has 0 saturated carbocycles. The molecule has 1 aromatic rings. The number of rotatable bonds is 2. The minimum atomic E-state index is -0.994. The minimum Gasteiger partial charge on any atom is -0.478 e. The fourth-order valence-electron chi connectivity index (χ4n) is 1.92. The van der Waals surface area contributed by atoms with Gasteiger partial charge in [0.1, 0.15) is 0 Å². The highest BCUT2D eigenvalue weighted by Crippen LogP contribution is 2.37. The highest BCUT2D eigenvalue weighted by molar-refractivity contribution is 9.10. The maximum absolute atomic E-state index is 11.3. The molecule has 1 fully saturated rings. The third kappa shape index (κ3) is 2.44. The summed E-state index contributed by atoms with van der Waals surface area (Å²) in [5, 5.41) is 9.28. The van der Waals surface area contributed by atoms with E-state index in [1.54, 1.807) is 18.2 Å². The zero-order valence-corrected chi connectivity index (χ0v) is 12.9. The van der Waals surface area contributed by atoms with Gasteiger partial charge in [0.25, 0.3) is 0 Å². The average molecular weight is 327 g/mol. The van der Waals surface area contributed by atoms with E-state index in [9.17, 15) is 9.90 Å². The van der Waals surface area contributed by atoms with Crippen LogP contribution in [0.3, 0.4) is 0 Å². The largest absolute Gasteiger partial charge is 0.496 e. The molecule has 102 valence electrons. The van der Waals surface area contributed by atoms with Crippen LogP contribution in [0.15, 0.2) is 22.7 Å². The summed E-state index contributed by atoms with van der Waals surface area (Å²) >= 11 is 3.38. The number of aromatic carboxylic acids is 1. The topological polar surface area (TPSA) is 55.8 Å². The molecule has 6 heteroatoms. The Morgan fingerprint density at radius 3 is 2.21 bits per heavy atom. The van der Waals surface area contributed by atoms with Crippen molar-refractivity contribution in [1.82, 2.24) is 0 Å². The van der Waals surface area contributed by atoms with Crippen molar-refractivity contribution in [3.05, 3.63) is 28.2 Å². The van der Waals surface area contributed by atoms with E-state index in [4.69, 9.17) is 9.31 Å². The number of carboxylic acid groups (broad SMARTS) is 1. The van der Waals surface area contributed by atoms with E-state index in [-0.39, 0.29) is 5.56 Å². The van der Waals surface area contributed by atoms with Crippen LogP contribution in [-0.2, 0) is 9.31 Å². The molecule has 1 aromatic carbocycles. The van der Waals surface area contributed by atoms with E-state index in [0.717, 1.165) is 0 Å². The van der Waals surface area contributed by atoms with Gasteiger partial charge in [0.15, 0.2) is 0 Å². The second-order valence-corrected chi connectivity index (χ2v) is 6.45. The molecule has 0 aromatic heterocycles. The first kappa shape index (κ1) is 14.6. The maximum Gasteiger partial charge on any atom is 0.496 e. The van der Waals surface area contributed by atoms with E-state index in [1.807, 2.05) is 27.7 Å². The summed E-state index contributed by atoms with van der Waals surface area (Å²) in [6.45, 7) is 7.74. The van der Waals surface area contributed by atoms with Crippen LogP contribution >= 0.6 is 15.9 Å². The maximum atomic E-state index is 11.3. The van der Waals surface area contributed by atoms with Crippen molar-refractivity contribution in [2.24, 2.45) is 0 Å². The van der Waals surface area contributed by atoms with Crippen molar-refractivity contribution >= 4 is 34.5 Å². The lowest BCUT2D eigenvalue weighted by Gasteiger charge is -2.32. The predicted octanol–water partition coefficient (Wildman–Crippen LogP) is 2.45. The summed E-state index contributed by atoms with van der Waals surface area (Å²) in [7, 11) is -0.688. The summed E-state index contributed by atoms with van der Waals surface area (Å²) in [4.78, 5) is 11.3. The number of carbonyl (C=O) groups is 1. The van der Waals surface area contributed by atoms with Gasteiger partial charge in [-0.3, -0.25) is 0 Å². The Labute approximate surface area is 121 Å². The molecular weight excluding hydrogens is 311 g/mol. The summed E-state index contributed by atoms with van der Waals surface area (Å²) in [6.07, 6.45) is 0. The summed E-state index contributed by atoms with van der Waals surface area (Å²) in [5.41, 5.74) is -0.285. The van der Waals surface area contributed by atoms with Crippen molar-refractivity contribution in [1.29, 1.82) is 0 Å². The molecule has 4 nitrogen and oxygen atoms in total. The van der Waals surface area contributed by atoms with Crippen molar-refractivity contribution in [2.45, 2.75) is 38.9 Å². The van der Waals surface area contributed by atoms with Gasteiger partial charge >= 0.3 is 13.1 Å². The van der Waals surface area contributed by atoms with Crippen LogP contribution < -0.4 is 5.46 Å². The first-order valence-corrected chi connectivity index (χ1v) is 6.82. The van der Waals surface area contributed by atoms with Gasteiger partial charge in [-0.2, -0.15) is 0 Å². The molecular formula is C13H16BBrO4.